The van der Waals surface area contributed by atoms with Gasteiger partial charge in [0.05, 0.1) is 0 Å². The number of hydrogen-bond donors (Lipinski definition) is 3. The van der Waals surface area contributed by atoms with Crippen LogP contribution in [0.5, 0.6) is 0 Å². The molecule has 27 heavy (non-hydrogen) atoms. The average molecular weight is 421 g/mol. The molecule has 0 aliphatic heterocycles. The molecule has 3 aromatic rings. The first-order valence-corrected chi connectivity index (χ1v) is 10.6. The zero-order chi connectivity index (χ0) is 19.2. The van der Waals surface area contributed by atoms with E-state index in [2.05, 4.69) is 31.1 Å². The number of thioether (sulfide) groups is 1. The largest absolute Gasteiger partial charge is 0.325 e. The average Bonchev–Trinajstić information content (AvgIpc) is 3.27. The number of benzene rings is 1. The molecule has 0 saturated heterocycles. The van der Waals surface area contributed by atoms with Crippen molar-refractivity contribution < 1.29 is 9.59 Å². The number of carbonyl (C=O) groups is 2. The van der Waals surface area contributed by atoms with Crippen molar-refractivity contribution in [2.24, 2.45) is 0 Å². The van der Waals surface area contributed by atoms with Crippen LogP contribution in [0.3, 0.4) is 0 Å². The first kappa shape index (κ1) is 19.3. The predicted octanol–water partition coefficient (Wildman–Crippen LogP) is 4.31. The monoisotopic (exact) mass is 420 g/mol. The van der Waals surface area contributed by atoms with Crippen LogP contribution in [0.15, 0.2) is 34.0 Å². The number of hydrogen-bond acceptors (Lipinski definition) is 8. The quantitative estimate of drug-likeness (QED) is 0.405. The molecule has 3 rings (SSSR count). The number of rotatable bonds is 6. The summed E-state index contributed by atoms with van der Waals surface area (Å²) in [4.78, 5) is 28.4. The number of thiazole rings is 1. The van der Waals surface area contributed by atoms with Crippen molar-refractivity contribution in [1.29, 1.82) is 0 Å². The van der Waals surface area contributed by atoms with Crippen LogP contribution in [-0.2, 0) is 0 Å². The van der Waals surface area contributed by atoms with Gasteiger partial charge in [-0.3, -0.25) is 15.4 Å². The van der Waals surface area contributed by atoms with Crippen molar-refractivity contribution in [1.82, 2.24) is 15.2 Å². The van der Waals surface area contributed by atoms with Crippen molar-refractivity contribution >= 4 is 62.3 Å². The molecule has 0 bridgehead atoms. The Morgan fingerprint density at radius 2 is 1.85 bits per heavy atom. The molecule has 1 aromatic carbocycles. The summed E-state index contributed by atoms with van der Waals surface area (Å²) in [6, 6.07) is 7.00. The summed E-state index contributed by atoms with van der Waals surface area (Å²) in [5, 5.41) is 18.2. The minimum atomic E-state index is -0.425. The van der Waals surface area contributed by atoms with Crippen molar-refractivity contribution in [3.05, 3.63) is 40.9 Å². The molecule has 0 unspecified atom stereocenters. The standard InChI is InChI=1S/C16H16N6O2S3/c1-3-25-16-22-21-15(27-16)19-12(23)11-8-26-14(18-11)20-13(24)17-10-6-4-9(2)5-7-10/h4-8H,3H2,1-2H3,(H,19,21,23)(H2,17,18,20,24). The van der Waals surface area contributed by atoms with E-state index in [0.29, 0.717) is 16.0 Å². The van der Waals surface area contributed by atoms with E-state index < -0.39 is 11.9 Å². The van der Waals surface area contributed by atoms with E-state index in [1.807, 2.05) is 38.1 Å². The Balaban J connectivity index is 1.55. The lowest BCUT2D eigenvalue weighted by atomic mass is 10.2. The van der Waals surface area contributed by atoms with Crippen LogP contribution >= 0.6 is 34.4 Å². The highest BCUT2D eigenvalue weighted by atomic mass is 32.2. The third-order valence-electron chi connectivity index (χ3n) is 3.16. The summed E-state index contributed by atoms with van der Waals surface area (Å²) in [7, 11) is 0. The van der Waals surface area contributed by atoms with Crippen molar-refractivity contribution in [2.45, 2.75) is 18.2 Å². The maximum absolute atomic E-state index is 12.2. The van der Waals surface area contributed by atoms with E-state index in [4.69, 9.17) is 0 Å². The van der Waals surface area contributed by atoms with Gasteiger partial charge in [-0.25, -0.2) is 9.78 Å². The highest BCUT2D eigenvalue weighted by Crippen LogP contribution is 2.25. The van der Waals surface area contributed by atoms with Crippen LogP contribution in [-0.4, -0.2) is 32.9 Å². The van der Waals surface area contributed by atoms with Gasteiger partial charge < -0.3 is 5.32 Å². The van der Waals surface area contributed by atoms with E-state index in [9.17, 15) is 9.59 Å². The van der Waals surface area contributed by atoms with Crippen molar-refractivity contribution in [3.63, 3.8) is 0 Å². The fourth-order valence-electron chi connectivity index (χ4n) is 1.94. The normalized spacial score (nSPS) is 10.4. The topological polar surface area (TPSA) is 109 Å². The number of urea groups is 1. The van der Waals surface area contributed by atoms with Crippen LogP contribution in [0.25, 0.3) is 0 Å². The van der Waals surface area contributed by atoms with Gasteiger partial charge in [-0.2, -0.15) is 0 Å². The smallest absolute Gasteiger partial charge is 0.308 e. The second-order valence-electron chi connectivity index (χ2n) is 5.24. The molecule has 0 aliphatic carbocycles. The third kappa shape index (κ3) is 5.49. The lowest BCUT2D eigenvalue weighted by Crippen LogP contribution is -2.19. The minimum absolute atomic E-state index is 0.200. The zero-order valence-corrected chi connectivity index (χ0v) is 16.9. The van der Waals surface area contributed by atoms with Crippen LogP contribution in [0.4, 0.5) is 20.7 Å². The number of carbonyl (C=O) groups excluding carboxylic acids is 2. The molecule has 8 nitrogen and oxygen atoms in total. The van der Waals surface area contributed by atoms with Crippen molar-refractivity contribution in [3.8, 4) is 0 Å². The minimum Gasteiger partial charge on any atom is -0.308 e. The van der Waals surface area contributed by atoms with Gasteiger partial charge in [0.2, 0.25) is 5.13 Å². The molecule has 2 aromatic heterocycles. The number of aryl methyl sites for hydroxylation is 1. The van der Waals surface area contributed by atoms with Gasteiger partial charge in [-0.1, -0.05) is 47.7 Å². The molecule has 0 saturated carbocycles. The maximum Gasteiger partial charge on any atom is 0.325 e. The maximum atomic E-state index is 12.2. The lowest BCUT2D eigenvalue weighted by molar-refractivity contribution is 0.102. The second-order valence-corrected chi connectivity index (χ2v) is 8.59. The van der Waals surface area contributed by atoms with Crippen molar-refractivity contribution in [2.75, 3.05) is 21.7 Å². The van der Waals surface area contributed by atoms with E-state index >= 15 is 0 Å². The predicted molar refractivity (Wildman–Crippen MR) is 110 cm³/mol. The molecular formula is C16H16N6O2S3. The molecule has 3 amide bonds. The molecule has 140 valence electrons. The second kappa shape index (κ2) is 8.93. The summed E-state index contributed by atoms with van der Waals surface area (Å²) < 4.78 is 0.793. The number of nitrogens with zero attached hydrogens (tertiary/aromatic N) is 3. The highest BCUT2D eigenvalue weighted by molar-refractivity contribution is 8.01. The third-order valence-corrected chi connectivity index (χ3v) is 5.77. The summed E-state index contributed by atoms with van der Waals surface area (Å²) in [6.07, 6.45) is 0. The molecule has 0 aliphatic rings. The van der Waals surface area contributed by atoms with Gasteiger partial charge in [-0.05, 0) is 24.8 Å². The number of nitrogens with one attached hydrogen (secondary N) is 3. The Morgan fingerprint density at radius 3 is 2.59 bits per heavy atom. The Hall–Kier alpha value is -2.50. The van der Waals surface area contributed by atoms with E-state index in [1.54, 1.807) is 17.1 Å². The van der Waals surface area contributed by atoms with Gasteiger partial charge in [0, 0.05) is 11.1 Å². The van der Waals surface area contributed by atoms with E-state index in [1.165, 1.54) is 11.3 Å². The molecule has 2 heterocycles. The SMILES string of the molecule is CCSc1nnc(NC(=O)c2csc(NC(=O)Nc3ccc(C)cc3)n2)s1. The highest BCUT2D eigenvalue weighted by Gasteiger charge is 2.15. The summed E-state index contributed by atoms with van der Waals surface area (Å²) in [6.45, 7) is 3.99. The fraction of sp³-hybridized carbons (Fsp3) is 0.188. The number of anilines is 3. The van der Waals surface area contributed by atoms with Gasteiger partial charge >= 0.3 is 6.03 Å². The zero-order valence-electron chi connectivity index (χ0n) is 14.5. The molecule has 0 radical (unpaired) electrons. The van der Waals surface area contributed by atoms with Gasteiger partial charge in [0.25, 0.3) is 5.91 Å². The number of amides is 3. The molecule has 0 fully saturated rings. The molecule has 3 N–H and O–H groups in total. The first-order valence-electron chi connectivity index (χ1n) is 7.91. The molecular weight excluding hydrogens is 404 g/mol. The van der Waals surface area contributed by atoms with Gasteiger partial charge in [0.1, 0.15) is 5.69 Å². The van der Waals surface area contributed by atoms with Crippen LogP contribution in [0.2, 0.25) is 0 Å². The van der Waals surface area contributed by atoms with Crippen LogP contribution in [0.1, 0.15) is 23.0 Å². The van der Waals surface area contributed by atoms with Crippen LogP contribution in [0, 0.1) is 6.92 Å². The molecule has 0 spiro atoms. The molecule has 11 heteroatoms. The summed E-state index contributed by atoms with van der Waals surface area (Å²) >= 11 is 4.02. The van der Waals surface area contributed by atoms with Crippen LogP contribution < -0.4 is 16.0 Å². The van der Waals surface area contributed by atoms with Gasteiger partial charge in [0.15, 0.2) is 9.47 Å². The first-order chi connectivity index (χ1) is 13.0. The Morgan fingerprint density at radius 1 is 1.07 bits per heavy atom. The lowest BCUT2D eigenvalue weighted by Gasteiger charge is -2.05. The summed E-state index contributed by atoms with van der Waals surface area (Å²) in [5.41, 5.74) is 1.97. The summed E-state index contributed by atoms with van der Waals surface area (Å²) in [5.74, 6) is 0.483. The van der Waals surface area contributed by atoms with E-state index in [-0.39, 0.29) is 5.69 Å². The Kier molecular flexibility index (Phi) is 6.37. The van der Waals surface area contributed by atoms with Gasteiger partial charge in [-0.15, -0.1) is 21.5 Å². The fourth-order valence-corrected chi connectivity index (χ4v) is 4.26. The Labute approximate surface area is 167 Å². The Bertz CT molecular complexity index is 938. The molecule has 0 atom stereocenters. The van der Waals surface area contributed by atoms with E-state index in [0.717, 1.165) is 27.0 Å². The number of aromatic nitrogens is 3.